The number of ether oxygens (including phenoxy) is 2. The van der Waals surface area contributed by atoms with Gasteiger partial charge < -0.3 is 9.47 Å². The summed E-state index contributed by atoms with van der Waals surface area (Å²) in [6.07, 6.45) is 13.3. The van der Waals surface area contributed by atoms with Crippen LogP contribution in [0.4, 0.5) is 0 Å². The van der Waals surface area contributed by atoms with Crippen LogP contribution in [0.3, 0.4) is 0 Å². The summed E-state index contributed by atoms with van der Waals surface area (Å²) in [5.74, 6) is 0.501. The normalized spacial score (nSPS) is 10.3. The molecule has 37 heavy (non-hydrogen) atoms. The van der Waals surface area contributed by atoms with Gasteiger partial charge in [0.15, 0.2) is 18.2 Å². The van der Waals surface area contributed by atoms with Crippen molar-refractivity contribution >= 4 is 17.8 Å². The largest absolute Gasteiger partial charge is 0.493 e. The van der Waals surface area contributed by atoms with Gasteiger partial charge in [0, 0.05) is 17.2 Å². The van der Waals surface area contributed by atoms with Gasteiger partial charge in [0.1, 0.15) is 18.4 Å². The van der Waals surface area contributed by atoms with E-state index in [-0.39, 0.29) is 26.6 Å². The molecule has 0 amide bonds. The summed E-state index contributed by atoms with van der Waals surface area (Å²) in [6.45, 7) is 1.10. The van der Waals surface area contributed by atoms with Gasteiger partial charge in [-0.15, -0.1) is 0 Å². The number of nitrogens with zero attached hydrogens (tertiary/aromatic N) is 1. The van der Waals surface area contributed by atoms with E-state index in [0.29, 0.717) is 24.3 Å². The monoisotopic (exact) mass is 504 g/mol. The van der Waals surface area contributed by atoms with E-state index < -0.39 is 0 Å². The van der Waals surface area contributed by atoms with Gasteiger partial charge in [0.25, 0.3) is 0 Å². The number of rotatable bonds is 14. The average molecular weight is 505 g/mol. The van der Waals surface area contributed by atoms with E-state index in [1.807, 2.05) is 84.6 Å². The lowest BCUT2D eigenvalue weighted by Crippen LogP contribution is -2.28. The van der Waals surface area contributed by atoms with Crippen molar-refractivity contribution < 1.29 is 23.6 Å². The number of hydrogen-bond acceptors (Lipinski definition) is 4. The molecule has 198 valence electrons. The minimum Gasteiger partial charge on any atom is -0.493 e. The summed E-state index contributed by atoms with van der Waals surface area (Å²) in [5, 5.41) is 0. The fraction of sp³-hybridized carbons (Fsp3) is 0.344. The number of aryl methyl sites for hydroxylation is 1. The number of pyridine rings is 1. The highest BCUT2D eigenvalue weighted by atomic mass is 16.5. The first-order valence-corrected chi connectivity index (χ1v) is 12.3. The summed E-state index contributed by atoms with van der Waals surface area (Å²) in [4.78, 5) is 24.3. The number of unbranched alkanes of at least 4 members (excludes halogenated alkanes) is 5. The van der Waals surface area contributed by atoms with Crippen molar-refractivity contribution in [2.24, 2.45) is 7.05 Å². The van der Waals surface area contributed by atoms with Crippen molar-refractivity contribution in [1.82, 2.24) is 0 Å². The van der Waals surface area contributed by atoms with Crippen LogP contribution in [0, 0.1) is 0 Å². The summed E-state index contributed by atoms with van der Waals surface area (Å²) >= 11 is 0. The smallest absolute Gasteiger partial charge is 0.344 e. The van der Waals surface area contributed by atoms with Gasteiger partial charge in [-0.1, -0.05) is 89.1 Å². The molecule has 2 aromatic carbocycles. The summed E-state index contributed by atoms with van der Waals surface area (Å²) < 4.78 is 13.2. The number of esters is 1. The lowest BCUT2D eigenvalue weighted by Gasteiger charge is -2.09. The van der Waals surface area contributed by atoms with Crippen molar-refractivity contribution in [2.75, 3.05) is 13.2 Å². The first-order chi connectivity index (χ1) is 17.1. The lowest BCUT2D eigenvalue weighted by molar-refractivity contribution is -0.671. The number of hydrogen-bond donors (Lipinski definition) is 0. The molecule has 0 atom stereocenters. The predicted molar refractivity (Wildman–Crippen MR) is 151 cm³/mol. The molecular formula is C32H42NO4+. The van der Waals surface area contributed by atoms with Crippen LogP contribution in [0.25, 0.3) is 6.08 Å². The highest BCUT2D eigenvalue weighted by Crippen LogP contribution is 2.20. The first kappa shape index (κ1) is 31.3. The number of allylic oxidation sites excluding steroid dienone is 1. The third-order valence-electron chi connectivity index (χ3n) is 5.60. The topological polar surface area (TPSA) is 56.5 Å². The second kappa shape index (κ2) is 17.7. The van der Waals surface area contributed by atoms with Crippen molar-refractivity contribution in [3.05, 3.63) is 102 Å². The second-order valence-electron chi connectivity index (χ2n) is 8.47. The van der Waals surface area contributed by atoms with E-state index in [1.54, 1.807) is 18.3 Å². The Morgan fingerprint density at radius 2 is 1.38 bits per heavy atom. The Morgan fingerprint density at radius 1 is 0.757 bits per heavy atom. The van der Waals surface area contributed by atoms with E-state index in [1.165, 1.54) is 0 Å². The average Bonchev–Trinajstić information content (AvgIpc) is 2.89. The predicted octanol–water partition coefficient (Wildman–Crippen LogP) is 7.26. The van der Waals surface area contributed by atoms with Crippen molar-refractivity contribution in [1.29, 1.82) is 0 Å². The highest BCUT2D eigenvalue weighted by Gasteiger charge is 2.10. The Kier molecular flexibility index (Phi) is 14.9. The van der Waals surface area contributed by atoms with Gasteiger partial charge >= 0.3 is 5.97 Å². The van der Waals surface area contributed by atoms with Crippen molar-refractivity contribution in [2.45, 2.75) is 53.4 Å². The third kappa shape index (κ3) is 11.2. The minimum atomic E-state index is -0.266. The Labute approximate surface area is 222 Å². The Bertz CT molecular complexity index is 1110. The van der Waals surface area contributed by atoms with E-state index in [0.717, 1.165) is 49.8 Å². The maximum Gasteiger partial charge on any atom is 0.344 e. The fourth-order valence-corrected chi connectivity index (χ4v) is 3.66. The van der Waals surface area contributed by atoms with Gasteiger partial charge in [-0.25, -0.2) is 9.36 Å². The molecule has 0 aliphatic carbocycles. The highest BCUT2D eigenvalue weighted by molar-refractivity contribution is 6.06. The minimum absolute atomic E-state index is 0. The SMILES string of the molecule is C.C.C[n+]1cccc(C(=O)OCCCCCCCCOc2ccccc2C=CC(=O)c2ccccc2)c1. The standard InChI is InChI=1S/C30H34NO4.2CH4/c1-31-21-13-17-27(24-31)30(33)35-23-12-5-3-2-4-11-22-34-29-18-10-9-16-26(29)19-20-28(32)25-14-7-6-8-15-25;;/h6-10,13-21,24H,2-5,11-12,22-23H2,1H3;2*1H4/q+1;;. The molecule has 1 aromatic heterocycles. The third-order valence-corrected chi connectivity index (χ3v) is 5.60. The van der Waals surface area contributed by atoms with E-state index in [4.69, 9.17) is 9.47 Å². The summed E-state index contributed by atoms with van der Waals surface area (Å²) in [6, 6.07) is 20.6. The molecule has 0 fully saturated rings. The number of benzene rings is 2. The van der Waals surface area contributed by atoms with Crippen molar-refractivity contribution in [3.63, 3.8) is 0 Å². The molecule has 0 spiro atoms. The van der Waals surface area contributed by atoms with Gasteiger partial charge in [-0.2, -0.15) is 0 Å². The number of para-hydroxylation sites is 1. The molecule has 1 heterocycles. The van der Waals surface area contributed by atoms with Crippen LogP contribution in [0.1, 0.15) is 79.7 Å². The molecule has 0 saturated carbocycles. The van der Waals surface area contributed by atoms with Crippen LogP contribution in [-0.4, -0.2) is 25.0 Å². The van der Waals surface area contributed by atoms with E-state index in [2.05, 4.69) is 0 Å². The quantitative estimate of drug-likeness (QED) is 0.0762. The molecule has 0 unspecified atom stereocenters. The van der Waals surface area contributed by atoms with Crippen LogP contribution >= 0.6 is 0 Å². The van der Waals surface area contributed by atoms with Gasteiger partial charge in [-0.05, 0) is 37.1 Å². The molecule has 0 saturated heterocycles. The lowest BCUT2D eigenvalue weighted by atomic mass is 10.1. The molecule has 0 bridgehead atoms. The maximum absolute atomic E-state index is 12.3. The molecule has 3 aromatic rings. The van der Waals surface area contributed by atoms with Crippen LogP contribution in [0.15, 0.2) is 85.2 Å². The fourth-order valence-electron chi connectivity index (χ4n) is 3.66. The molecule has 5 heteroatoms. The van der Waals surface area contributed by atoms with Crippen LogP contribution in [0.5, 0.6) is 5.75 Å². The zero-order valence-corrected chi connectivity index (χ0v) is 20.4. The zero-order chi connectivity index (χ0) is 24.7. The van der Waals surface area contributed by atoms with Gasteiger partial charge in [0.05, 0.1) is 13.2 Å². The zero-order valence-electron chi connectivity index (χ0n) is 20.4. The van der Waals surface area contributed by atoms with Crippen LogP contribution in [0.2, 0.25) is 0 Å². The molecule has 0 radical (unpaired) electrons. The molecule has 0 aliphatic rings. The summed E-state index contributed by atoms with van der Waals surface area (Å²) in [5.41, 5.74) is 2.15. The molecule has 3 rings (SSSR count). The van der Waals surface area contributed by atoms with Gasteiger partial charge in [-0.3, -0.25) is 4.79 Å². The molecule has 0 N–H and O–H groups in total. The Balaban J connectivity index is 0.00000342. The Morgan fingerprint density at radius 3 is 2.11 bits per heavy atom. The van der Waals surface area contributed by atoms with Crippen LogP contribution < -0.4 is 9.30 Å². The Hall–Kier alpha value is -3.73. The number of ketones is 1. The first-order valence-electron chi connectivity index (χ1n) is 12.3. The molecule has 0 aliphatic heterocycles. The number of carbonyl (C=O) groups excluding carboxylic acids is 2. The van der Waals surface area contributed by atoms with Crippen LogP contribution in [-0.2, 0) is 11.8 Å². The summed E-state index contributed by atoms with van der Waals surface area (Å²) in [7, 11) is 1.88. The number of carbonyl (C=O) groups is 2. The molecule has 5 nitrogen and oxygen atoms in total. The van der Waals surface area contributed by atoms with E-state index >= 15 is 0 Å². The van der Waals surface area contributed by atoms with Gasteiger partial charge in [0.2, 0.25) is 0 Å². The number of aromatic nitrogens is 1. The van der Waals surface area contributed by atoms with Crippen molar-refractivity contribution in [3.8, 4) is 5.75 Å². The maximum atomic E-state index is 12.3. The second-order valence-corrected chi connectivity index (χ2v) is 8.47. The van der Waals surface area contributed by atoms with E-state index in [9.17, 15) is 9.59 Å². The molecular weight excluding hydrogens is 462 g/mol.